The van der Waals surface area contributed by atoms with E-state index in [1.807, 2.05) is 0 Å². The maximum Gasteiger partial charge on any atom is 0.267 e. The van der Waals surface area contributed by atoms with Crippen LogP contribution in [-0.4, -0.2) is 20.4 Å². The summed E-state index contributed by atoms with van der Waals surface area (Å²) < 4.78 is 39.4. The van der Waals surface area contributed by atoms with Crippen LogP contribution in [0.1, 0.15) is 0 Å². The lowest BCUT2D eigenvalue weighted by atomic mass is 10.3. The average Bonchev–Trinajstić information content (AvgIpc) is 2.41. The molecule has 0 bridgehead atoms. The van der Waals surface area contributed by atoms with Gasteiger partial charge in [-0.3, -0.25) is 4.31 Å². The summed E-state index contributed by atoms with van der Waals surface area (Å²) in [5, 5.41) is 0. The van der Waals surface area contributed by atoms with Crippen LogP contribution < -0.4 is 10.0 Å². The molecule has 0 aliphatic heterocycles. The van der Waals surface area contributed by atoms with Gasteiger partial charge in [-0.2, -0.15) is 0 Å². The first-order chi connectivity index (χ1) is 9.32. The van der Waals surface area contributed by atoms with Gasteiger partial charge in [-0.1, -0.05) is 0 Å². The maximum atomic E-state index is 12.9. The number of sulfonamides is 1. The third kappa shape index (κ3) is 2.75. The van der Waals surface area contributed by atoms with Crippen molar-refractivity contribution in [3.8, 4) is 0 Å². The molecular formula is C12H11BrFN3O2S. The summed E-state index contributed by atoms with van der Waals surface area (Å²) in [6, 6.07) is 6.48. The summed E-state index contributed by atoms with van der Waals surface area (Å²) in [5.41, 5.74) is 5.94. The fourth-order valence-electron chi connectivity index (χ4n) is 1.58. The molecule has 0 aliphatic rings. The highest BCUT2D eigenvalue weighted by Crippen LogP contribution is 2.26. The van der Waals surface area contributed by atoms with Gasteiger partial charge in [-0.25, -0.2) is 17.8 Å². The largest absolute Gasteiger partial charge is 0.383 e. The number of hydrogen-bond donors (Lipinski definition) is 1. The molecule has 0 aliphatic carbocycles. The normalized spacial score (nSPS) is 11.3. The number of pyridine rings is 1. The fourth-order valence-corrected chi connectivity index (χ4v) is 3.35. The topological polar surface area (TPSA) is 76.3 Å². The fraction of sp³-hybridized carbons (Fsp3) is 0.0833. The minimum absolute atomic E-state index is 0.0952. The lowest BCUT2D eigenvalue weighted by Gasteiger charge is -2.20. The van der Waals surface area contributed by atoms with Crippen molar-refractivity contribution < 1.29 is 12.8 Å². The minimum Gasteiger partial charge on any atom is -0.383 e. The van der Waals surface area contributed by atoms with E-state index < -0.39 is 15.8 Å². The number of hydrogen-bond acceptors (Lipinski definition) is 4. The van der Waals surface area contributed by atoms with Crippen molar-refractivity contribution in [2.24, 2.45) is 0 Å². The Morgan fingerprint density at radius 3 is 2.50 bits per heavy atom. The Labute approximate surface area is 124 Å². The van der Waals surface area contributed by atoms with Crippen LogP contribution in [0.3, 0.4) is 0 Å². The molecule has 0 saturated heterocycles. The molecule has 20 heavy (non-hydrogen) atoms. The first-order valence-corrected chi connectivity index (χ1v) is 7.71. The summed E-state index contributed by atoms with van der Waals surface area (Å²) in [4.78, 5) is 3.69. The standard InChI is InChI=1S/C12H11BrFN3O2S/c1-17(10-4-2-9(14)3-5-10)20(18,19)11-6-8(13)7-16-12(11)15/h2-7H,1H3,(H2,15,16). The van der Waals surface area contributed by atoms with Crippen molar-refractivity contribution in [3.63, 3.8) is 0 Å². The van der Waals surface area contributed by atoms with Crippen LogP contribution in [0.2, 0.25) is 0 Å². The summed E-state index contributed by atoms with van der Waals surface area (Å²) in [6.07, 6.45) is 1.41. The molecule has 8 heteroatoms. The van der Waals surface area contributed by atoms with E-state index in [-0.39, 0.29) is 10.7 Å². The van der Waals surface area contributed by atoms with Gasteiger partial charge in [0.05, 0.1) is 5.69 Å². The predicted octanol–water partition coefficient (Wildman–Crippen LogP) is 2.39. The highest BCUT2D eigenvalue weighted by molar-refractivity contribution is 9.10. The lowest BCUT2D eigenvalue weighted by molar-refractivity contribution is 0.594. The number of benzene rings is 1. The Hall–Kier alpha value is -1.67. The second-order valence-corrected chi connectivity index (χ2v) is 6.84. The molecule has 2 aromatic rings. The van der Waals surface area contributed by atoms with Crippen molar-refractivity contribution in [2.75, 3.05) is 17.1 Å². The number of aromatic nitrogens is 1. The van der Waals surface area contributed by atoms with Gasteiger partial charge in [0.15, 0.2) is 0 Å². The smallest absolute Gasteiger partial charge is 0.267 e. The van der Waals surface area contributed by atoms with E-state index in [1.165, 1.54) is 43.6 Å². The zero-order valence-electron chi connectivity index (χ0n) is 10.4. The quantitative estimate of drug-likeness (QED) is 0.912. The van der Waals surface area contributed by atoms with E-state index in [2.05, 4.69) is 20.9 Å². The monoisotopic (exact) mass is 359 g/mol. The molecule has 0 amide bonds. The maximum absolute atomic E-state index is 12.9. The first kappa shape index (κ1) is 14.7. The van der Waals surface area contributed by atoms with Gasteiger partial charge in [0.25, 0.3) is 10.0 Å². The number of halogens is 2. The molecule has 5 nitrogen and oxygen atoms in total. The van der Waals surface area contributed by atoms with Gasteiger partial charge in [-0.05, 0) is 46.3 Å². The molecule has 1 aromatic carbocycles. The Kier molecular flexibility index (Phi) is 3.96. The van der Waals surface area contributed by atoms with E-state index in [9.17, 15) is 12.8 Å². The highest BCUT2D eigenvalue weighted by Gasteiger charge is 2.24. The third-order valence-electron chi connectivity index (χ3n) is 2.68. The van der Waals surface area contributed by atoms with Gasteiger partial charge >= 0.3 is 0 Å². The van der Waals surface area contributed by atoms with Gasteiger partial charge in [0, 0.05) is 17.7 Å². The van der Waals surface area contributed by atoms with E-state index in [4.69, 9.17) is 5.73 Å². The van der Waals surface area contributed by atoms with Crippen LogP contribution in [0.4, 0.5) is 15.9 Å². The average molecular weight is 360 g/mol. The lowest BCUT2D eigenvalue weighted by Crippen LogP contribution is -2.27. The Bertz CT molecular complexity index is 735. The van der Waals surface area contributed by atoms with E-state index in [0.29, 0.717) is 10.2 Å². The van der Waals surface area contributed by atoms with Gasteiger partial charge in [0.1, 0.15) is 16.5 Å². The van der Waals surface area contributed by atoms with Gasteiger partial charge < -0.3 is 5.73 Å². The number of nitrogen functional groups attached to an aromatic ring is 1. The summed E-state index contributed by atoms with van der Waals surface area (Å²) in [7, 11) is -2.50. The summed E-state index contributed by atoms with van der Waals surface area (Å²) in [5.74, 6) is -0.537. The van der Waals surface area contributed by atoms with Gasteiger partial charge in [0.2, 0.25) is 0 Å². The molecular weight excluding hydrogens is 349 g/mol. The molecule has 0 saturated carbocycles. The SMILES string of the molecule is CN(c1ccc(F)cc1)S(=O)(=O)c1cc(Br)cnc1N. The van der Waals surface area contributed by atoms with Gasteiger partial charge in [-0.15, -0.1) is 0 Å². The van der Waals surface area contributed by atoms with Crippen LogP contribution in [-0.2, 0) is 10.0 Å². The van der Waals surface area contributed by atoms with Crippen molar-refractivity contribution >= 4 is 37.5 Å². The number of rotatable bonds is 3. The molecule has 0 unspecified atom stereocenters. The van der Waals surface area contributed by atoms with Crippen LogP contribution in [0.25, 0.3) is 0 Å². The molecule has 0 spiro atoms. The van der Waals surface area contributed by atoms with Crippen LogP contribution in [0.15, 0.2) is 45.9 Å². The summed E-state index contributed by atoms with van der Waals surface area (Å²) >= 11 is 3.15. The van der Waals surface area contributed by atoms with E-state index >= 15 is 0 Å². The second kappa shape index (κ2) is 5.37. The number of nitrogens with two attached hydrogens (primary N) is 1. The Morgan fingerprint density at radius 1 is 1.30 bits per heavy atom. The number of anilines is 2. The molecule has 2 N–H and O–H groups in total. The van der Waals surface area contributed by atoms with Crippen LogP contribution in [0, 0.1) is 5.82 Å². The van der Waals surface area contributed by atoms with Crippen molar-refractivity contribution in [1.29, 1.82) is 0 Å². The number of nitrogens with zero attached hydrogens (tertiary/aromatic N) is 2. The molecule has 1 heterocycles. The van der Waals surface area contributed by atoms with Crippen LogP contribution in [0.5, 0.6) is 0 Å². The second-order valence-electron chi connectivity index (χ2n) is 3.99. The Balaban J connectivity index is 2.49. The zero-order chi connectivity index (χ0) is 14.9. The highest BCUT2D eigenvalue weighted by atomic mass is 79.9. The molecule has 0 fully saturated rings. The molecule has 2 rings (SSSR count). The zero-order valence-corrected chi connectivity index (χ0v) is 12.8. The minimum atomic E-state index is -3.86. The first-order valence-electron chi connectivity index (χ1n) is 5.48. The third-order valence-corrected chi connectivity index (χ3v) is 4.93. The molecule has 1 aromatic heterocycles. The van der Waals surface area contributed by atoms with Crippen molar-refractivity contribution in [1.82, 2.24) is 4.98 Å². The molecule has 106 valence electrons. The van der Waals surface area contributed by atoms with Crippen LogP contribution >= 0.6 is 15.9 Å². The predicted molar refractivity (Wildman–Crippen MR) is 78.3 cm³/mol. The van der Waals surface area contributed by atoms with Crippen molar-refractivity contribution in [2.45, 2.75) is 4.90 Å². The van der Waals surface area contributed by atoms with E-state index in [0.717, 1.165) is 4.31 Å². The molecule has 0 atom stereocenters. The summed E-state index contributed by atoms with van der Waals surface area (Å²) in [6.45, 7) is 0. The van der Waals surface area contributed by atoms with Crippen molar-refractivity contribution in [3.05, 3.63) is 46.8 Å². The Morgan fingerprint density at radius 2 is 1.90 bits per heavy atom. The van der Waals surface area contributed by atoms with E-state index in [1.54, 1.807) is 0 Å². The molecule has 0 radical (unpaired) electrons.